The van der Waals surface area contributed by atoms with Crippen LogP contribution in [0.15, 0.2) is 0 Å². The zero-order chi connectivity index (χ0) is 4.50. The van der Waals surface area contributed by atoms with Crippen molar-refractivity contribution in [1.29, 1.82) is 0 Å². The van der Waals surface area contributed by atoms with E-state index in [2.05, 4.69) is 0 Å². The molecular formula is H3AlCaO3S. The third kappa shape index (κ3) is 43.5. The van der Waals surface area contributed by atoms with Crippen LogP contribution in [0.5, 0.6) is 0 Å². The van der Waals surface area contributed by atoms with Gasteiger partial charge in [-0.25, -0.2) is 0 Å². The molecule has 0 rings (SSSR count). The van der Waals surface area contributed by atoms with Crippen molar-refractivity contribution < 1.29 is 13.0 Å². The molecule has 0 N–H and O–H groups in total. The van der Waals surface area contributed by atoms with Crippen LogP contribution in [-0.2, 0) is 8.48 Å². The van der Waals surface area contributed by atoms with Crippen LogP contribution < -0.4 is 0 Å². The molecule has 32 valence electrons. The summed E-state index contributed by atoms with van der Waals surface area (Å²) in [5, 5.41) is 0. The van der Waals surface area contributed by atoms with E-state index in [-0.39, 0.29) is 37.7 Å². The van der Waals surface area contributed by atoms with Gasteiger partial charge in [0.25, 0.3) is 0 Å². The molecule has 0 aliphatic rings. The second kappa shape index (κ2) is 3.67. The maximum Gasteiger partial charge on any atom is 2.00 e. The molecule has 0 unspecified atom stereocenters. The smallest absolute Gasteiger partial charge is 0.790 e. The van der Waals surface area contributed by atoms with E-state index < -0.39 is 23.6 Å². The summed E-state index contributed by atoms with van der Waals surface area (Å²) in [6.45, 7) is 0. The van der Waals surface area contributed by atoms with Gasteiger partial charge in [0.1, 0.15) is 0 Å². The molecule has 0 aliphatic heterocycles. The molecule has 0 radical (unpaired) electrons. The Kier molecular flexibility index (Phi) is 6.51. The minimum atomic E-state index is -3.67. The van der Waals surface area contributed by atoms with Crippen molar-refractivity contribution in [2.24, 2.45) is 0 Å². The van der Waals surface area contributed by atoms with Crippen molar-refractivity contribution in [2.45, 2.75) is 0 Å². The molecule has 3 nitrogen and oxygen atoms in total. The summed E-state index contributed by atoms with van der Waals surface area (Å²) in [7, 11) is -3.67. The van der Waals surface area contributed by atoms with Gasteiger partial charge >= 0.3 is 37.7 Å². The quantitative estimate of drug-likeness (QED) is 0.282. The first kappa shape index (κ1) is 10.6. The molecule has 0 heterocycles. The van der Waals surface area contributed by atoms with Gasteiger partial charge in [-0.05, 0) is 0 Å². The molecule has 0 aromatic heterocycles. The zero-order valence-corrected chi connectivity index (χ0v) is 5.36. The maximum atomic E-state index is 9.19. The molecule has 6 heteroatoms. The van der Waals surface area contributed by atoms with E-state index in [0.717, 1.165) is 0 Å². The Balaban J connectivity index is 0. The molecule has 0 aromatic carbocycles. The van der Waals surface area contributed by atoms with Gasteiger partial charge in [0, 0.05) is 0 Å². The molecule has 0 aliphatic carbocycles. The van der Waals surface area contributed by atoms with Crippen LogP contribution in [0.1, 0.15) is 0 Å². The Labute approximate surface area is 73.3 Å². The number of hydrogen-bond acceptors (Lipinski definition) is 3. The molecule has 0 amide bonds. The minimum absolute atomic E-state index is 0. The average molecular weight is 150 g/mol. The number of rotatable bonds is 0. The Hall–Kier alpha value is 1.70. The fraction of sp³-hybridized carbons (Fsp3) is 0. The molecule has 6 heavy (non-hydrogen) atoms. The van der Waals surface area contributed by atoms with Crippen molar-refractivity contribution in [1.82, 2.24) is 0 Å². The predicted molar refractivity (Wildman–Crippen MR) is 25.4 cm³/mol. The molecule has 0 spiro atoms. The summed E-state index contributed by atoms with van der Waals surface area (Å²) < 4.78 is 27.6. The Morgan fingerprint density at radius 3 is 1.50 bits per heavy atom. The van der Waals surface area contributed by atoms with Crippen LogP contribution in [-0.4, -0.2) is 65.9 Å². The summed E-state index contributed by atoms with van der Waals surface area (Å²) in [5.41, 5.74) is 0. The topological polar surface area (TPSA) is 57.2 Å². The minimum Gasteiger partial charge on any atom is -0.790 e. The van der Waals surface area contributed by atoms with Crippen molar-refractivity contribution in [3.8, 4) is 0 Å². The van der Waals surface area contributed by atoms with Crippen molar-refractivity contribution in [3.05, 3.63) is 0 Å². The molecule has 0 saturated heterocycles. The summed E-state index contributed by atoms with van der Waals surface area (Å²) in [6.07, 6.45) is 0. The summed E-state index contributed by atoms with van der Waals surface area (Å²) in [5.74, 6) is 0. The predicted octanol–water partition coefficient (Wildman–Crippen LogP) is -2.57. The Bertz CT molecular complexity index is 94.0. The van der Waals surface area contributed by atoms with E-state index >= 15 is 0 Å². The zero-order valence-electron chi connectivity index (χ0n) is 2.34. The summed E-state index contributed by atoms with van der Waals surface area (Å²) in [4.78, 5) is 0. The molecule has 0 bridgehead atoms. The van der Waals surface area contributed by atoms with Crippen LogP contribution >= 0.6 is 0 Å². The van der Waals surface area contributed by atoms with Crippen LogP contribution in [0.25, 0.3) is 0 Å². The van der Waals surface area contributed by atoms with E-state index in [9.17, 15) is 13.0 Å². The molecular weight excluding hydrogens is 147 g/mol. The van der Waals surface area contributed by atoms with E-state index in [1.165, 1.54) is 0 Å². The standard InChI is InChI=1S/Al.Ca.O3S.3H/c;;1-4(2)3;;;/q-1;+2;-1;;;. The number of hydrogen-bond donors (Lipinski definition) is 0. The van der Waals surface area contributed by atoms with Crippen LogP contribution in [0.4, 0.5) is 0 Å². The molecule has 0 atom stereocenters. The van der Waals surface area contributed by atoms with Gasteiger partial charge in [0.15, 0.2) is 0 Å². The normalized spacial score (nSPS) is 10.2. The van der Waals surface area contributed by atoms with Crippen LogP contribution in [0.2, 0.25) is 0 Å². The van der Waals surface area contributed by atoms with Crippen LogP contribution in [0.3, 0.4) is 0 Å². The van der Waals surface area contributed by atoms with Crippen molar-refractivity contribution in [2.75, 3.05) is 0 Å². The second-order valence-electron chi connectivity index (χ2n) is 0.204. The maximum absolute atomic E-state index is 9.19. The fourth-order valence-corrected chi connectivity index (χ4v) is 0. The average Bonchev–Trinajstić information content (AvgIpc) is 0.722. The van der Waals surface area contributed by atoms with Crippen LogP contribution in [0, 0.1) is 0 Å². The van der Waals surface area contributed by atoms with Gasteiger partial charge < -0.3 is 4.55 Å². The van der Waals surface area contributed by atoms with Gasteiger partial charge in [0.05, 0.1) is 0 Å². The summed E-state index contributed by atoms with van der Waals surface area (Å²) >= 11 is -0.979. The third-order valence-corrected chi connectivity index (χ3v) is 0. The van der Waals surface area contributed by atoms with Gasteiger partial charge in [0.2, 0.25) is 15.2 Å². The Morgan fingerprint density at radius 1 is 1.50 bits per heavy atom. The first-order chi connectivity index (χ1) is 2.00. The molecule has 0 saturated carbocycles. The van der Waals surface area contributed by atoms with E-state index in [4.69, 9.17) is 0 Å². The van der Waals surface area contributed by atoms with Crippen molar-refractivity contribution >= 4 is 61.4 Å². The molecule has 0 fully saturated rings. The van der Waals surface area contributed by atoms with E-state index in [0.29, 0.717) is 0 Å². The first-order valence-electron chi connectivity index (χ1n) is 0.500. The van der Waals surface area contributed by atoms with Gasteiger partial charge in [-0.2, -0.15) is 0 Å². The second-order valence-corrected chi connectivity index (χ2v) is 0.612. The summed E-state index contributed by atoms with van der Waals surface area (Å²) in [6, 6.07) is 0. The fourth-order valence-electron chi connectivity index (χ4n) is 0. The SMILES string of the molecule is O=[S](=O)([O-])[AlH3-].[Ca+2]. The Morgan fingerprint density at radius 2 is 1.50 bits per heavy atom. The molecule has 0 aromatic rings. The van der Waals surface area contributed by atoms with E-state index in [1.54, 1.807) is 0 Å². The monoisotopic (exact) mass is 150 g/mol. The van der Waals surface area contributed by atoms with Gasteiger partial charge in [-0.15, -0.1) is 8.48 Å². The third-order valence-electron chi connectivity index (χ3n) is 0. The van der Waals surface area contributed by atoms with Crippen molar-refractivity contribution in [3.63, 3.8) is 0 Å². The van der Waals surface area contributed by atoms with Gasteiger partial charge in [-0.3, -0.25) is 8.42 Å². The van der Waals surface area contributed by atoms with E-state index in [1.807, 2.05) is 0 Å². The first-order valence-corrected chi connectivity index (χ1v) is 1.50. The largest absolute Gasteiger partial charge is 2.00 e. The van der Waals surface area contributed by atoms with Gasteiger partial charge in [-0.1, -0.05) is 0 Å².